The van der Waals surface area contributed by atoms with E-state index in [1.807, 2.05) is 13.1 Å². The zero-order valence-electron chi connectivity index (χ0n) is 15.7. The molecule has 2 aliphatic rings. The first-order valence-corrected chi connectivity index (χ1v) is 9.93. The van der Waals surface area contributed by atoms with E-state index < -0.39 is 0 Å². The number of nitrogens with one attached hydrogen (secondary N) is 1. The zero-order valence-corrected chi connectivity index (χ0v) is 15.7. The minimum atomic E-state index is -0.123. The number of hydrogen-bond acceptors (Lipinski definition) is 1. The van der Waals surface area contributed by atoms with Gasteiger partial charge in [-0.3, -0.25) is 0 Å². The number of halogens is 1. The lowest BCUT2D eigenvalue weighted by Crippen LogP contribution is -2.17. The molecule has 0 spiro atoms. The molecule has 1 N–H and O–H groups in total. The molecule has 3 aromatic carbocycles. The van der Waals surface area contributed by atoms with Crippen LogP contribution in [0.15, 0.2) is 54.6 Å². The highest BCUT2D eigenvalue weighted by Crippen LogP contribution is 2.41. The van der Waals surface area contributed by atoms with Crippen LogP contribution < -0.4 is 5.32 Å². The Kier molecular flexibility index (Phi) is 4.00. The molecule has 0 fully saturated rings. The molecule has 1 unspecified atom stereocenters. The van der Waals surface area contributed by atoms with Crippen LogP contribution in [0.4, 0.5) is 10.1 Å². The summed E-state index contributed by atoms with van der Waals surface area (Å²) in [5.41, 5.74) is 10.9. The molecule has 0 bridgehead atoms. The molecule has 0 aromatic heterocycles. The first-order chi connectivity index (χ1) is 13.2. The predicted molar refractivity (Wildman–Crippen MR) is 110 cm³/mol. The van der Waals surface area contributed by atoms with Crippen LogP contribution in [0.2, 0.25) is 0 Å². The number of rotatable bonds is 2. The second kappa shape index (κ2) is 6.53. The molecule has 0 saturated carbocycles. The van der Waals surface area contributed by atoms with Gasteiger partial charge >= 0.3 is 0 Å². The van der Waals surface area contributed by atoms with Crippen molar-refractivity contribution in [3.05, 3.63) is 88.2 Å². The SMILES string of the molecule is CNc1ccc(C2CCc3c(ccc4c3CCc3cc(F)ccc3-4)C2)cc1. The van der Waals surface area contributed by atoms with Crippen LogP contribution in [0.1, 0.15) is 40.2 Å². The summed E-state index contributed by atoms with van der Waals surface area (Å²) >= 11 is 0. The molecule has 3 aromatic rings. The van der Waals surface area contributed by atoms with E-state index in [9.17, 15) is 4.39 Å². The average molecular weight is 357 g/mol. The van der Waals surface area contributed by atoms with Gasteiger partial charge in [0.15, 0.2) is 0 Å². The molecular formula is C25H24FN. The summed E-state index contributed by atoms with van der Waals surface area (Å²) in [6, 6.07) is 18.7. The molecule has 0 saturated heterocycles. The van der Waals surface area contributed by atoms with E-state index in [4.69, 9.17) is 0 Å². The number of anilines is 1. The van der Waals surface area contributed by atoms with Gasteiger partial charge in [-0.15, -0.1) is 0 Å². The molecule has 0 amide bonds. The summed E-state index contributed by atoms with van der Waals surface area (Å²) in [5.74, 6) is 0.480. The second-order valence-electron chi connectivity index (χ2n) is 7.84. The van der Waals surface area contributed by atoms with E-state index in [1.165, 1.54) is 39.9 Å². The molecular weight excluding hydrogens is 333 g/mol. The maximum absolute atomic E-state index is 13.6. The Morgan fingerprint density at radius 1 is 0.815 bits per heavy atom. The smallest absolute Gasteiger partial charge is 0.123 e. The summed E-state index contributed by atoms with van der Waals surface area (Å²) < 4.78 is 13.6. The summed E-state index contributed by atoms with van der Waals surface area (Å²) in [7, 11) is 1.96. The van der Waals surface area contributed by atoms with Crippen LogP contribution in [0, 0.1) is 5.82 Å². The van der Waals surface area contributed by atoms with Crippen molar-refractivity contribution in [1.29, 1.82) is 0 Å². The molecule has 1 atom stereocenters. The number of hydrogen-bond donors (Lipinski definition) is 1. The highest BCUT2D eigenvalue weighted by molar-refractivity contribution is 5.75. The fourth-order valence-electron chi connectivity index (χ4n) is 4.97. The Hall–Kier alpha value is -2.61. The van der Waals surface area contributed by atoms with Gasteiger partial charge in [-0.05, 0) is 101 Å². The van der Waals surface area contributed by atoms with Crippen molar-refractivity contribution in [2.45, 2.75) is 38.0 Å². The normalized spacial score (nSPS) is 17.6. The summed E-state index contributed by atoms with van der Waals surface area (Å²) in [4.78, 5) is 0. The van der Waals surface area contributed by atoms with E-state index in [2.05, 4.69) is 41.7 Å². The van der Waals surface area contributed by atoms with Gasteiger partial charge in [-0.25, -0.2) is 4.39 Å². The molecule has 27 heavy (non-hydrogen) atoms. The zero-order chi connectivity index (χ0) is 18.4. The minimum absolute atomic E-state index is 0.123. The quantitative estimate of drug-likeness (QED) is 0.601. The van der Waals surface area contributed by atoms with Crippen LogP contribution in [-0.2, 0) is 25.7 Å². The lowest BCUT2D eigenvalue weighted by atomic mass is 9.74. The third-order valence-electron chi connectivity index (χ3n) is 6.41. The van der Waals surface area contributed by atoms with Gasteiger partial charge in [0.05, 0.1) is 0 Å². The number of benzene rings is 3. The lowest BCUT2D eigenvalue weighted by molar-refractivity contribution is 0.580. The Bertz CT molecular complexity index is 1000. The van der Waals surface area contributed by atoms with Crippen LogP contribution in [0.25, 0.3) is 11.1 Å². The van der Waals surface area contributed by atoms with Gasteiger partial charge in [0.2, 0.25) is 0 Å². The summed E-state index contributed by atoms with van der Waals surface area (Å²) in [5, 5.41) is 3.20. The van der Waals surface area contributed by atoms with Crippen LogP contribution >= 0.6 is 0 Å². The second-order valence-corrected chi connectivity index (χ2v) is 7.84. The Balaban J connectivity index is 1.48. The first-order valence-electron chi connectivity index (χ1n) is 9.93. The lowest BCUT2D eigenvalue weighted by Gasteiger charge is -2.30. The van der Waals surface area contributed by atoms with Crippen LogP contribution in [0.3, 0.4) is 0 Å². The van der Waals surface area contributed by atoms with Crippen LogP contribution in [-0.4, -0.2) is 7.05 Å². The Morgan fingerprint density at radius 2 is 1.63 bits per heavy atom. The average Bonchev–Trinajstić information content (AvgIpc) is 2.72. The third kappa shape index (κ3) is 2.84. The van der Waals surface area contributed by atoms with Gasteiger partial charge in [-0.2, -0.15) is 0 Å². The first kappa shape index (κ1) is 16.6. The van der Waals surface area contributed by atoms with E-state index in [-0.39, 0.29) is 5.82 Å². The topological polar surface area (TPSA) is 12.0 Å². The maximum Gasteiger partial charge on any atom is 0.123 e. The fourth-order valence-corrected chi connectivity index (χ4v) is 4.97. The maximum atomic E-state index is 13.6. The van der Waals surface area contributed by atoms with Gasteiger partial charge in [0, 0.05) is 12.7 Å². The molecule has 0 radical (unpaired) electrons. The Labute approximate surface area is 160 Å². The van der Waals surface area contributed by atoms with Crippen molar-refractivity contribution in [3.8, 4) is 11.1 Å². The van der Waals surface area contributed by atoms with E-state index in [1.54, 1.807) is 17.7 Å². The van der Waals surface area contributed by atoms with Crippen molar-refractivity contribution in [3.63, 3.8) is 0 Å². The monoisotopic (exact) mass is 357 g/mol. The molecule has 5 rings (SSSR count). The van der Waals surface area contributed by atoms with Gasteiger partial charge in [-0.1, -0.05) is 30.3 Å². The molecule has 136 valence electrons. The van der Waals surface area contributed by atoms with Crippen molar-refractivity contribution in [1.82, 2.24) is 0 Å². The highest BCUT2D eigenvalue weighted by Gasteiger charge is 2.26. The van der Waals surface area contributed by atoms with E-state index >= 15 is 0 Å². The summed E-state index contributed by atoms with van der Waals surface area (Å²) in [6.07, 6.45) is 5.46. The van der Waals surface area contributed by atoms with Crippen molar-refractivity contribution < 1.29 is 4.39 Å². The molecule has 2 aliphatic carbocycles. The Morgan fingerprint density at radius 3 is 2.44 bits per heavy atom. The van der Waals surface area contributed by atoms with Crippen LogP contribution in [0.5, 0.6) is 0 Å². The van der Waals surface area contributed by atoms with Gasteiger partial charge in [0.1, 0.15) is 5.82 Å². The van der Waals surface area contributed by atoms with Gasteiger partial charge in [0.25, 0.3) is 0 Å². The van der Waals surface area contributed by atoms with Crippen molar-refractivity contribution in [2.75, 3.05) is 12.4 Å². The molecule has 0 heterocycles. The number of aryl methyl sites for hydroxylation is 1. The molecule has 0 aliphatic heterocycles. The fraction of sp³-hybridized carbons (Fsp3) is 0.280. The standard InChI is InChI=1S/C25H24FN/c1-27-21-8-2-16(3-9-21)17-4-10-22-18(14-17)5-11-25-23-13-7-20(26)15-19(23)6-12-24(22)25/h2-3,5,7-9,11,13,15,17,27H,4,6,10,12,14H2,1H3. The minimum Gasteiger partial charge on any atom is -0.388 e. The van der Waals surface area contributed by atoms with Crippen molar-refractivity contribution in [2.24, 2.45) is 0 Å². The predicted octanol–water partition coefficient (Wildman–Crippen LogP) is 5.91. The summed E-state index contributed by atoms with van der Waals surface area (Å²) in [6.45, 7) is 0. The molecule has 2 heteroatoms. The van der Waals surface area contributed by atoms with Gasteiger partial charge < -0.3 is 5.32 Å². The van der Waals surface area contributed by atoms with Crippen molar-refractivity contribution >= 4 is 5.69 Å². The van der Waals surface area contributed by atoms with E-state index in [0.717, 1.165) is 31.2 Å². The molecule has 1 nitrogen and oxygen atoms in total. The van der Waals surface area contributed by atoms with E-state index in [0.29, 0.717) is 5.92 Å². The largest absolute Gasteiger partial charge is 0.388 e. The highest BCUT2D eigenvalue weighted by atomic mass is 19.1. The third-order valence-corrected chi connectivity index (χ3v) is 6.41. The number of fused-ring (bicyclic) bond motifs is 5.